The van der Waals surface area contributed by atoms with E-state index in [2.05, 4.69) is 0 Å². The van der Waals surface area contributed by atoms with E-state index in [1.807, 2.05) is 26.0 Å². The quantitative estimate of drug-likeness (QED) is 0.789. The molecule has 0 aliphatic carbocycles. The van der Waals surface area contributed by atoms with Crippen molar-refractivity contribution >= 4 is 11.9 Å². The highest BCUT2D eigenvalue weighted by molar-refractivity contribution is 5.95. The first kappa shape index (κ1) is 16.2. The summed E-state index contributed by atoms with van der Waals surface area (Å²) < 4.78 is 0. The van der Waals surface area contributed by atoms with Gasteiger partial charge in [-0.2, -0.15) is 0 Å². The zero-order valence-electron chi connectivity index (χ0n) is 12.0. The molecule has 1 amide bonds. The summed E-state index contributed by atoms with van der Waals surface area (Å²) in [6, 6.07) is 7.16. The monoisotopic (exact) mass is 278 g/mol. The number of carboxylic acids is 1. The SMILES string of the molecule is CC(C)CN(CC(=O)O)C(=O)c1ccc(CCN)cc1. The van der Waals surface area contributed by atoms with Gasteiger partial charge in [-0.1, -0.05) is 26.0 Å². The maximum absolute atomic E-state index is 12.3. The number of benzene rings is 1. The molecule has 20 heavy (non-hydrogen) atoms. The van der Waals surface area contributed by atoms with E-state index < -0.39 is 5.97 Å². The fourth-order valence-corrected chi connectivity index (χ4v) is 1.99. The van der Waals surface area contributed by atoms with Crippen LogP contribution in [0.1, 0.15) is 29.8 Å². The second-order valence-electron chi connectivity index (χ2n) is 5.21. The van der Waals surface area contributed by atoms with Crippen LogP contribution in [0.4, 0.5) is 0 Å². The van der Waals surface area contributed by atoms with Crippen LogP contribution in [0.15, 0.2) is 24.3 Å². The lowest BCUT2D eigenvalue weighted by atomic mass is 10.1. The highest BCUT2D eigenvalue weighted by Crippen LogP contribution is 2.10. The van der Waals surface area contributed by atoms with E-state index in [1.54, 1.807) is 12.1 Å². The molecule has 0 aliphatic rings. The molecule has 0 spiro atoms. The van der Waals surface area contributed by atoms with Gasteiger partial charge >= 0.3 is 5.97 Å². The van der Waals surface area contributed by atoms with Gasteiger partial charge in [-0.15, -0.1) is 0 Å². The highest BCUT2D eigenvalue weighted by atomic mass is 16.4. The summed E-state index contributed by atoms with van der Waals surface area (Å²) in [5.74, 6) is -1.03. The predicted octanol–water partition coefficient (Wildman–Crippen LogP) is 1.37. The van der Waals surface area contributed by atoms with Crippen LogP contribution in [-0.2, 0) is 11.2 Å². The number of amides is 1. The van der Waals surface area contributed by atoms with Crippen molar-refractivity contribution in [3.05, 3.63) is 35.4 Å². The first-order chi connectivity index (χ1) is 9.43. The molecule has 0 aliphatic heterocycles. The van der Waals surface area contributed by atoms with Crippen molar-refractivity contribution in [3.8, 4) is 0 Å². The Bertz CT molecular complexity index is 455. The van der Waals surface area contributed by atoms with Gasteiger partial charge in [0.25, 0.3) is 5.91 Å². The van der Waals surface area contributed by atoms with Crippen molar-refractivity contribution in [1.29, 1.82) is 0 Å². The fourth-order valence-electron chi connectivity index (χ4n) is 1.99. The van der Waals surface area contributed by atoms with Crippen LogP contribution < -0.4 is 5.73 Å². The van der Waals surface area contributed by atoms with Crippen LogP contribution in [0.5, 0.6) is 0 Å². The van der Waals surface area contributed by atoms with Gasteiger partial charge in [0.2, 0.25) is 0 Å². The smallest absolute Gasteiger partial charge is 0.323 e. The molecule has 1 aromatic rings. The summed E-state index contributed by atoms with van der Waals surface area (Å²) in [5.41, 5.74) is 7.05. The Labute approximate surface area is 119 Å². The average Bonchev–Trinajstić information content (AvgIpc) is 2.37. The molecule has 0 heterocycles. The molecule has 3 N–H and O–H groups in total. The standard InChI is InChI=1S/C15H22N2O3/c1-11(2)9-17(10-14(18)19)15(20)13-5-3-12(4-6-13)7-8-16/h3-6,11H,7-10,16H2,1-2H3,(H,18,19). The molecular formula is C15H22N2O3. The molecule has 0 atom stereocenters. The Morgan fingerprint density at radius 1 is 1.25 bits per heavy atom. The number of hydrogen-bond donors (Lipinski definition) is 2. The molecule has 5 heteroatoms. The van der Waals surface area contributed by atoms with Gasteiger partial charge in [0, 0.05) is 12.1 Å². The van der Waals surface area contributed by atoms with E-state index >= 15 is 0 Å². The topological polar surface area (TPSA) is 83.6 Å². The van der Waals surface area contributed by atoms with E-state index in [-0.39, 0.29) is 18.4 Å². The summed E-state index contributed by atoms with van der Waals surface area (Å²) >= 11 is 0. The van der Waals surface area contributed by atoms with Crippen molar-refractivity contribution in [2.24, 2.45) is 11.7 Å². The normalized spacial score (nSPS) is 10.6. The molecular weight excluding hydrogens is 256 g/mol. The number of hydrogen-bond acceptors (Lipinski definition) is 3. The third-order valence-electron chi connectivity index (χ3n) is 2.83. The van der Waals surface area contributed by atoms with E-state index in [4.69, 9.17) is 10.8 Å². The summed E-state index contributed by atoms with van der Waals surface area (Å²) in [7, 11) is 0. The minimum absolute atomic E-state index is 0.217. The number of nitrogens with two attached hydrogens (primary N) is 1. The number of rotatable bonds is 7. The molecule has 0 aromatic heterocycles. The van der Waals surface area contributed by atoms with E-state index in [1.165, 1.54) is 4.90 Å². The molecule has 0 bridgehead atoms. The van der Waals surface area contributed by atoms with Crippen molar-refractivity contribution in [3.63, 3.8) is 0 Å². The largest absolute Gasteiger partial charge is 0.480 e. The molecule has 0 radical (unpaired) electrons. The fraction of sp³-hybridized carbons (Fsp3) is 0.467. The maximum Gasteiger partial charge on any atom is 0.323 e. The van der Waals surface area contributed by atoms with Gasteiger partial charge in [0.1, 0.15) is 6.54 Å². The molecule has 0 saturated carbocycles. The molecule has 1 aromatic carbocycles. The number of aliphatic carboxylic acids is 1. The molecule has 5 nitrogen and oxygen atoms in total. The Hall–Kier alpha value is -1.88. The summed E-state index contributed by atoms with van der Waals surface area (Å²) in [5, 5.41) is 8.90. The second-order valence-corrected chi connectivity index (χ2v) is 5.21. The third-order valence-corrected chi connectivity index (χ3v) is 2.83. The van der Waals surface area contributed by atoms with Gasteiger partial charge < -0.3 is 15.7 Å². The minimum atomic E-state index is -1.00. The number of carbonyl (C=O) groups excluding carboxylic acids is 1. The molecule has 0 fully saturated rings. The number of carbonyl (C=O) groups is 2. The number of carboxylic acid groups (broad SMARTS) is 1. The van der Waals surface area contributed by atoms with Crippen molar-refractivity contribution in [1.82, 2.24) is 4.90 Å². The van der Waals surface area contributed by atoms with E-state index in [9.17, 15) is 9.59 Å². The van der Waals surface area contributed by atoms with E-state index in [0.717, 1.165) is 12.0 Å². The van der Waals surface area contributed by atoms with Crippen molar-refractivity contribution in [2.45, 2.75) is 20.3 Å². The number of nitrogens with zero attached hydrogens (tertiary/aromatic N) is 1. The summed E-state index contributed by atoms with van der Waals surface area (Å²) in [4.78, 5) is 24.5. The Kier molecular flexibility index (Phi) is 6.18. The zero-order chi connectivity index (χ0) is 15.1. The maximum atomic E-state index is 12.3. The Morgan fingerprint density at radius 2 is 1.85 bits per heavy atom. The summed E-state index contributed by atoms with van der Waals surface area (Å²) in [6.45, 7) is 4.61. The van der Waals surface area contributed by atoms with Gasteiger partial charge in [0.05, 0.1) is 0 Å². The Balaban J connectivity index is 2.84. The molecule has 1 rings (SSSR count). The summed E-state index contributed by atoms with van der Waals surface area (Å²) in [6.07, 6.45) is 0.763. The highest BCUT2D eigenvalue weighted by Gasteiger charge is 2.19. The lowest BCUT2D eigenvalue weighted by Gasteiger charge is -2.22. The first-order valence-corrected chi connectivity index (χ1v) is 6.74. The minimum Gasteiger partial charge on any atom is -0.480 e. The van der Waals surface area contributed by atoms with Crippen LogP contribution in [0, 0.1) is 5.92 Å². The van der Waals surface area contributed by atoms with Crippen LogP contribution in [0.3, 0.4) is 0 Å². The molecule has 110 valence electrons. The van der Waals surface area contributed by atoms with Crippen LogP contribution in [0.25, 0.3) is 0 Å². The lowest BCUT2D eigenvalue weighted by Crippen LogP contribution is -2.38. The van der Waals surface area contributed by atoms with E-state index in [0.29, 0.717) is 18.7 Å². The van der Waals surface area contributed by atoms with Crippen LogP contribution in [-0.4, -0.2) is 41.5 Å². The molecule has 0 saturated heterocycles. The van der Waals surface area contributed by atoms with Gasteiger partial charge in [-0.25, -0.2) is 0 Å². The first-order valence-electron chi connectivity index (χ1n) is 6.74. The van der Waals surface area contributed by atoms with Gasteiger partial charge in [-0.05, 0) is 36.6 Å². The average molecular weight is 278 g/mol. The lowest BCUT2D eigenvalue weighted by molar-refractivity contribution is -0.137. The van der Waals surface area contributed by atoms with Gasteiger partial charge in [-0.3, -0.25) is 9.59 Å². The van der Waals surface area contributed by atoms with Crippen molar-refractivity contribution in [2.75, 3.05) is 19.6 Å². The second kappa shape index (κ2) is 7.65. The van der Waals surface area contributed by atoms with Crippen LogP contribution in [0.2, 0.25) is 0 Å². The van der Waals surface area contributed by atoms with Gasteiger partial charge in [0.15, 0.2) is 0 Å². The predicted molar refractivity (Wildman–Crippen MR) is 77.6 cm³/mol. The Morgan fingerprint density at radius 3 is 2.30 bits per heavy atom. The van der Waals surface area contributed by atoms with Crippen molar-refractivity contribution < 1.29 is 14.7 Å². The third kappa shape index (κ3) is 5.01. The van der Waals surface area contributed by atoms with Crippen LogP contribution >= 0.6 is 0 Å². The zero-order valence-corrected chi connectivity index (χ0v) is 12.0. The molecule has 0 unspecified atom stereocenters.